The Hall–Kier alpha value is -3.17. The minimum absolute atomic E-state index is 0.114. The van der Waals surface area contributed by atoms with Gasteiger partial charge in [-0.15, -0.1) is 0 Å². The van der Waals surface area contributed by atoms with Crippen molar-refractivity contribution in [1.82, 2.24) is 0 Å². The minimum Gasteiger partial charge on any atom is -0.435 e. The Morgan fingerprint density at radius 2 is 1.41 bits per heavy atom. The highest BCUT2D eigenvalue weighted by molar-refractivity contribution is 5.79. The molecule has 27 heavy (non-hydrogen) atoms. The number of amides is 1. The standard InChI is InChI=1S/C24H21NO2/c1-25(24(26)27,17-9-12-18-10-3-2-4-11-18)23-21-15-7-5-13-19(21)20-14-6-8-16-22(20)23/h2-16,23H,17H2,1H3/p+1. The zero-order valence-electron chi connectivity index (χ0n) is 15.2. The summed E-state index contributed by atoms with van der Waals surface area (Å²) in [5, 5.41) is 10.2. The van der Waals surface area contributed by atoms with Crippen molar-refractivity contribution in [3.63, 3.8) is 0 Å². The van der Waals surface area contributed by atoms with E-state index in [4.69, 9.17) is 0 Å². The largest absolute Gasteiger partial charge is 0.514 e. The van der Waals surface area contributed by atoms with E-state index >= 15 is 0 Å². The van der Waals surface area contributed by atoms with Crippen LogP contribution in [0, 0.1) is 0 Å². The van der Waals surface area contributed by atoms with Gasteiger partial charge in [-0.25, -0.2) is 4.48 Å². The van der Waals surface area contributed by atoms with Crippen LogP contribution in [-0.4, -0.2) is 29.3 Å². The predicted molar refractivity (Wildman–Crippen MR) is 108 cm³/mol. The second kappa shape index (κ2) is 6.86. The Labute approximate surface area is 159 Å². The molecule has 3 aromatic carbocycles. The van der Waals surface area contributed by atoms with Crippen LogP contribution in [0.1, 0.15) is 22.7 Å². The zero-order valence-corrected chi connectivity index (χ0v) is 15.2. The van der Waals surface area contributed by atoms with Crippen molar-refractivity contribution in [1.29, 1.82) is 0 Å². The monoisotopic (exact) mass is 356 g/mol. The summed E-state index contributed by atoms with van der Waals surface area (Å²) in [6.07, 6.45) is 3.13. The van der Waals surface area contributed by atoms with Crippen LogP contribution < -0.4 is 0 Å². The van der Waals surface area contributed by atoms with E-state index in [2.05, 4.69) is 24.3 Å². The Morgan fingerprint density at radius 3 is 1.96 bits per heavy atom. The van der Waals surface area contributed by atoms with Crippen LogP contribution in [0.3, 0.4) is 0 Å². The molecular formula is C24H22NO2+. The van der Waals surface area contributed by atoms with Crippen molar-refractivity contribution in [2.75, 3.05) is 13.6 Å². The second-order valence-electron chi connectivity index (χ2n) is 7.12. The molecule has 1 aliphatic rings. The highest BCUT2D eigenvalue weighted by Gasteiger charge is 2.46. The minimum atomic E-state index is -0.829. The van der Waals surface area contributed by atoms with Crippen LogP contribution in [0.2, 0.25) is 0 Å². The summed E-state index contributed by atoms with van der Waals surface area (Å²) in [6.45, 7) is 0.400. The molecule has 0 saturated heterocycles. The van der Waals surface area contributed by atoms with Crippen LogP contribution >= 0.6 is 0 Å². The number of carboxylic acid groups (broad SMARTS) is 1. The smallest absolute Gasteiger partial charge is 0.435 e. The number of rotatable bonds is 4. The van der Waals surface area contributed by atoms with E-state index in [1.165, 1.54) is 0 Å². The van der Waals surface area contributed by atoms with Gasteiger partial charge in [0.2, 0.25) is 0 Å². The maximum atomic E-state index is 12.4. The lowest BCUT2D eigenvalue weighted by atomic mass is 10.0. The fraction of sp³-hybridized carbons (Fsp3) is 0.125. The molecule has 3 nitrogen and oxygen atoms in total. The molecule has 1 aliphatic carbocycles. The molecule has 3 aromatic rings. The first-order valence-corrected chi connectivity index (χ1v) is 9.10. The molecule has 0 heterocycles. The summed E-state index contributed by atoms with van der Waals surface area (Å²) in [5.41, 5.74) is 5.50. The van der Waals surface area contributed by atoms with Gasteiger partial charge in [-0.3, -0.25) is 0 Å². The SMILES string of the molecule is C[N+](CC=Cc1ccccc1)(C(=O)O)C1c2ccccc2-c2ccccc21. The van der Waals surface area contributed by atoms with Gasteiger partial charge in [0, 0.05) is 11.1 Å². The lowest BCUT2D eigenvalue weighted by molar-refractivity contribution is -0.856. The van der Waals surface area contributed by atoms with Gasteiger partial charge in [0.25, 0.3) is 0 Å². The molecule has 0 radical (unpaired) electrons. The molecule has 1 unspecified atom stereocenters. The number of hydrogen-bond acceptors (Lipinski definition) is 1. The summed E-state index contributed by atoms with van der Waals surface area (Å²) in [4.78, 5) is 12.4. The fourth-order valence-corrected chi connectivity index (χ4v) is 4.01. The number of fused-ring (bicyclic) bond motifs is 3. The number of carbonyl (C=O) groups is 1. The lowest BCUT2D eigenvalue weighted by Gasteiger charge is -2.34. The van der Waals surface area contributed by atoms with Gasteiger partial charge in [-0.05, 0) is 22.8 Å². The van der Waals surface area contributed by atoms with Crippen molar-refractivity contribution < 1.29 is 14.4 Å². The second-order valence-corrected chi connectivity index (χ2v) is 7.12. The first kappa shape index (κ1) is 17.3. The Balaban J connectivity index is 1.76. The summed E-state index contributed by atoms with van der Waals surface area (Å²) < 4.78 is -0.114. The number of benzene rings is 3. The number of hydrogen-bond donors (Lipinski definition) is 1. The van der Waals surface area contributed by atoms with Crippen molar-refractivity contribution in [2.45, 2.75) is 6.04 Å². The van der Waals surface area contributed by atoms with Gasteiger partial charge in [0.05, 0.1) is 7.05 Å². The van der Waals surface area contributed by atoms with Gasteiger partial charge in [-0.2, -0.15) is 4.79 Å². The van der Waals surface area contributed by atoms with E-state index in [1.54, 1.807) is 7.05 Å². The Bertz CT molecular complexity index is 964. The summed E-state index contributed by atoms with van der Waals surface area (Å²) in [7, 11) is 1.81. The first-order chi connectivity index (χ1) is 13.1. The normalized spacial score (nSPS) is 15.3. The Kier molecular flexibility index (Phi) is 4.38. The van der Waals surface area contributed by atoms with E-state index in [1.807, 2.05) is 66.7 Å². The maximum absolute atomic E-state index is 12.4. The molecular weight excluding hydrogens is 334 g/mol. The molecule has 0 fully saturated rings. The third kappa shape index (κ3) is 2.96. The van der Waals surface area contributed by atoms with Crippen LogP contribution in [0.25, 0.3) is 17.2 Å². The third-order valence-electron chi connectivity index (χ3n) is 5.40. The highest BCUT2D eigenvalue weighted by atomic mass is 16.4. The number of nitrogens with zero attached hydrogens (tertiary/aromatic N) is 1. The summed E-state index contributed by atoms with van der Waals surface area (Å²) in [5.74, 6) is 0. The molecule has 0 spiro atoms. The fourth-order valence-electron chi connectivity index (χ4n) is 4.01. The van der Waals surface area contributed by atoms with Crippen LogP contribution in [0.15, 0.2) is 84.9 Å². The van der Waals surface area contributed by atoms with Gasteiger partial charge >= 0.3 is 6.09 Å². The van der Waals surface area contributed by atoms with Gasteiger partial charge in [-0.1, -0.05) is 84.9 Å². The van der Waals surface area contributed by atoms with E-state index in [0.29, 0.717) is 6.54 Å². The van der Waals surface area contributed by atoms with E-state index in [-0.39, 0.29) is 10.5 Å². The average molecular weight is 356 g/mol. The predicted octanol–water partition coefficient (Wildman–Crippen LogP) is 5.59. The number of likely N-dealkylation sites (N-methyl/N-ethyl adjacent to an activating group) is 1. The first-order valence-electron chi connectivity index (χ1n) is 9.10. The van der Waals surface area contributed by atoms with Crippen molar-refractivity contribution in [3.05, 3.63) is 102 Å². The molecule has 1 N–H and O–H groups in total. The molecule has 4 rings (SSSR count). The Morgan fingerprint density at radius 1 is 0.889 bits per heavy atom. The molecule has 3 heteroatoms. The van der Waals surface area contributed by atoms with Gasteiger partial charge in [0.15, 0.2) is 6.04 Å². The quantitative estimate of drug-likeness (QED) is 0.618. The molecule has 0 aromatic heterocycles. The maximum Gasteiger partial charge on any atom is 0.514 e. The summed E-state index contributed by atoms with van der Waals surface area (Å²) >= 11 is 0. The molecule has 0 bridgehead atoms. The van der Waals surface area contributed by atoms with Gasteiger partial charge in [0.1, 0.15) is 6.54 Å². The van der Waals surface area contributed by atoms with E-state index in [9.17, 15) is 9.90 Å². The summed E-state index contributed by atoms with van der Waals surface area (Å²) in [6, 6.07) is 26.0. The molecule has 1 amide bonds. The molecule has 0 aliphatic heterocycles. The van der Waals surface area contributed by atoms with E-state index in [0.717, 1.165) is 27.8 Å². The van der Waals surface area contributed by atoms with Crippen molar-refractivity contribution in [3.8, 4) is 11.1 Å². The zero-order chi connectivity index (χ0) is 18.9. The highest BCUT2D eigenvalue weighted by Crippen LogP contribution is 2.48. The molecule has 134 valence electrons. The van der Waals surface area contributed by atoms with Crippen LogP contribution in [0.4, 0.5) is 4.79 Å². The molecule has 0 saturated carbocycles. The lowest BCUT2D eigenvalue weighted by Crippen LogP contribution is -2.51. The van der Waals surface area contributed by atoms with E-state index < -0.39 is 6.09 Å². The number of quaternary nitrogens is 1. The van der Waals surface area contributed by atoms with Crippen LogP contribution in [-0.2, 0) is 0 Å². The average Bonchev–Trinajstić information content (AvgIpc) is 3.03. The topological polar surface area (TPSA) is 37.3 Å². The van der Waals surface area contributed by atoms with Crippen molar-refractivity contribution in [2.24, 2.45) is 0 Å². The third-order valence-corrected chi connectivity index (χ3v) is 5.40. The molecule has 1 atom stereocenters. The van der Waals surface area contributed by atoms with Crippen LogP contribution in [0.5, 0.6) is 0 Å². The van der Waals surface area contributed by atoms with Crippen molar-refractivity contribution >= 4 is 12.2 Å². The van der Waals surface area contributed by atoms with Gasteiger partial charge < -0.3 is 5.11 Å².